The molecule has 100 valence electrons. The molecule has 1 aromatic rings. The number of rotatable bonds is 4. The molecule has 1 saturated carbocycles. The third-order valence-electron chi connectivity index (χ3n) is 3.81. The van der Waals surface area contributed by atoms with Crippen molar-refractivity contribution in [2.75, 3.05) is 0 Å². The summed E-state index contributed by atoms with van der Waals surface area (Å²) in [4.78, 5) is 4.59. The van der Waals surface area contributed by atoms with Crippen LogP contribution in [0.3, 0.4) is 0 Å². The molecule has 1 aromatic heterocycles. The predicted molar refractivity (Wildman–Crippen MR) is 78.9 cm³/mol. The third kappa shape index (κ3) is 3.48. The second kappa shape index (κ2) is 6.58. The molecule has 2 nitrogen and oxygen atoms in total. The second-order valence-corrected chi connectivity index (χ2v) is 6.59. The van der Waals surface area contributed by atoms with Gasteiger partial charge >= 0.3 is 0 Å². The van der Waals surface area contributed by atoms with Crippen LogP contribution in [0.25, 0.3) is 0 Å². The minimum atomic E-state index is 0.131. The van der Waals surface area contributed by atoms with Crippen LogP contribution in [0.4, 0.5) is 0 Å². The SMILES string of the molecule is CC[C@@H](N)c1cnc(SC2CCCCC2)cc1C. The molecule has 2 rings (SSSR count). The van der Waals surface area contributed by atoms with Gasteiger partial charge < -0.3 is 5.73 Å². The van der Waals surface area contributed by atoms with Gasteiger partial charge in [0.25, 0.3) is 0 Å². The van der Waals surface area contributed by atoms with Gasteiger partial charge in [-0.1, -0.05) is 26.2 Å². The van der Waals surface area contributed by atoms with Gasteiger partial charge in [0.15, 0.2) is 0 Å². The molecule has 3 heteroatoms. The van der Waals surface area contributed by atoms with Gasteiger partial charge in [-0.2, -0.15) is 0 Å². The second-order valence-electron chi connectivity index (χ2n) is 5.27. The predicted octanol–water partition coefficient (Wildman–Crippen LogP) is 4.22. The lowest BCUT2D eigenvalue weighted by atomic mass is 10.0. The van der Waals surface area contributed by atoms with E-state index in [-0.39, 0.29) is 6.04 Å². The number of thioether (sulfide) groups is 1. The van der Waals surface area contributed by atoms with Crippen LogP contribution < -0.4 is 5.73 Å². The molecule has 1 atom stereocenters. The topological polar surface area (TPSA) is 38.9 Å². The van der Waals surface area contributed by atoms with E-state index in [4.69, 9.17) is 5.73 Å². The molecular weight excluding hydrogens is 240 g/mol. The first-order valence-corrected chi connectivity index (χ1v) is 7.97. The summed E-state index contributed by atoms with van der Waals surface area (Å²) in [6.07, 6.45) is 9.83. The van der Waals surface area contributed by atoms with Gasteiger partial charge in [0.05, 0.1) is 5.03 Å². The van der Waals surface area contributed by atoms with Crippen LogP contribution in [-0.2, 0) is 0 Å². The zero-order chi connectivity index (χ0) is 13.0. The lowest BCUT2D eigenvalue weighted by Gasteiger charge is -2.21. The lowest BCUT2D eigenvalue weighted by Crippen LogP contribution is -2.11. The van der Waals surface area contributed by atoms with Crippen LogP contribution >= 0.6 is 11.8 Å². The van der Waals surface area contributed by atoms with Gasteiger partial charge in [0.1, 0.15) is 0 Å². The molecule has 0 bridgehead atoms. The van der Waals surface area contributed by atoms with Gasteiger partial charge in [-0.3, -0.25) is 0 Å². The monoisotopic (exact) mass is 264 g/mol. The number of aromatic nitrogens is 1. The van der Waals surface area contributed by atoms with Crippen LogP contribution in [0.2, 0.25) is 0 Å². The Kier molecular flexibility index (Phi) is 5.07. The molecule has 0 aliphatic heterocycles. The third-order valence-corrected chi connectivity index (χ3v) is 5.07. The van der Waals surface area contributed by atoms with Crippen LogP contribution in [0.1, 0.15) is 62.6 Å². The molecule has 0 unspecified atom stereocenters. The Bertz CT molecular complexity index is 386. The van der Waals surface area contributed by atoms with Crippen molar-refractivity contribution in [3.8, 4) is 0 Å². The van der Waals surface area contributed by atoms with E-state index in [1.165, 1.54) is 48.3 Å². The van der Waals surface area contributed by atoms with Crippen molar-refractivity contribution in [1.29, 1.82) is 0 Å². The van der Waals surface area contributed by atoms with E-state index >= 15 is 0 Å². The molecule has 1 heterocycles. The largest absolute Gasteiger partial charge is 0.324 e. The summed E-state index contributed by atoms with van der Waals surface area (Å²) in [5.74, 6) is 0. The molecule has 0 radical (unpaired) electrons. The highest BCUT2D eigenvalue weighted by Crippen LogP contribution is 2.33. The summed E-state index contributed by atoms with van der Waals surface area (Å²) in [6.45, 7) is 4.27. The molecule has 0 amide bonds. The molecule has 1 aliphatic rings. The first-order chi connectivity index (χ1) is 8.70. The van der Waals surface area contributed by atoms with Gasteiger partial charge in [-0.25, -0.2) is 4.98 Å². The fourth-order valence-electron chi connectivity index (χ4n) is 2.57. The molecule has 0 aromatic carbocycles. The lowest BCUT2D eigenvalue weighted by molar-refractivity contribution is 0.515. The molecule has 18 heavy (non-hydrogen) atoms. The van der Waals surface area contributed by atoms with E-state index < -0.39 is 0 Å². The van der Waals surface area contributed by atoms with E-state index in [1.807, 2.05) is 18.0 Å². The Morgan fingerprint density at radius 1 is 1.39 bits per heavy atom. The fraction of sp³-hybridized carbons (Fsp3) is 0.667. The van der Waals surface area contributed by atoms with Crippen molar-refractivity contribution in [2.24, 2.45) is 5.73 Å². The highest BCUT2D eigenvalue weighted by molar-refractivity contribution is 7.99. The van der Waals surface area contributed by atoms with E-state index in [0.717, 1.165) is 11.7 Å². The summed E-state index contributed by atoms with van der Waals surface area (Å²) >= 11 is 1.95. The van der Waals surface area contributed by atoms with E-state index in [1.54, 1.807) is 0 Å². The van der Waals surface area contributed by atoms with E-state index in [0.29, 0.717) is 0 Å². The minimum Gasteiger partial charge on any atom is -0.324 e. The summed E-state index contributed by atoms with van der Waals surface area (Å²) in [6, 6.07) is 2.34. The zero-order valence-corrected chi connectivity index (χ0v) is 12.3. The Hall–Kier alpha value is -0.540. The maximum Gasteiger partial charge on any atom is 0.0965 e. The summed E-state index contributed by atoms with van der Waals surface area (Å²) in [5.41, 5.74) is 8.57. The Morgan fingerprint density at radius 3 is 2.72 bits per heavy atom. The van der Waals surface area contributed by atoms with Crippen molar-refractivity contribution in [2.45, 2.75) is 68.7 Å². The quantitative estimate of drug-likeness (QED) is 0.884. The smallest absolute Gasteiger partial charge is 0.0965 e. The van der Waals surface area contributed by atoms with Gasteiger partial charge in [-0.05, 0) is 43.4 Å². The van der Waals surface area contributed by atoms with Crippen molar-refractivity contribution in [3.05, 3.63) is 23.4 Å². The van der Waals surface area contributed by atoms with Crippen molar-refractivity contribution in [3.63, 3.8) is 0 Å². The molecule has 1 fully saturated rings. The number of nitrogens with zero attached hydrogens (tertiary/aromatic N) is 1. The summed E-state index contributed by atoms with van der Waals surface area (Å²) in [5, 5.41) is 1.95. The van der Waals surface area contributed by atoms with Crippen molar-refractivity contribution in [1.82, 2.24) is 4.98 Å². The normalized spacial score (nSPS) is 18.8. The minimum absolute atomic E-state index is 0.131. The van der Waals surface area contributed by atoms with Crippen LogP contribution in [-0.4, -0.2) is 10.2 Å². The van der Waals surface area contributed by atoms with Crippen LogP contribution in [0.15, 0.2) is 17.3 Å². The van der Waals surface area contributed by atoms with E-state index in [9.17, 15) is 0 Å². The number of hydrogen-bond acceptors (Lipinski definition) is 3. The Balaban J connectivity index is 2.03. The fourth-order valence-corrected chi connectivity index (χ4v) is 3.84. The molecule has 1 aliphatic carbocycles. The highest BCUT2D eigenvalue weighted by Gasteiger charge is 2.16. The summed E-state index contributed by atoms with van der Waals surface area (Å²) in [7, 11) is 0. The maximum absolute atomic E-state index is 6.08. The van der Waals surface area contributed by atoms with Crippen LogP contribution in [0.5, 0.6) is 0 Å². The molecule has 0 saturated heterocycles. The van der Waals surface area contributed by atoms with Crippen molar-refractivity contribution < 1.29 is 0 Å². The summed E-state index contributed by atoms with van der Waals surface area (Å²) < 4.78 is 0. The van der Waals surface area contributed by atoms with Gasteiger partial charge in [0.2, 0.25) is 0 Å². The Labute approximate surface area is 115 Å². The van der Waals surface area contributed by atoms with Crippen molar-refractivity contribution >= 4 is 11.8 Å². The zero-order valence-electron chi connectivity index (χ0n) is 11.5. The van der Waals surface area contributed by atoms with Gasteiger partial charge in [0, 0.05) is 17.5 Å². The Morgan fingerprint density at radius 2 is 2.11 bits per heavy atom. The average molecular weight is 264 g/mol. The number of pyridine rings is 1. The molecule has 0 spiro atoms. The maximum atomic E-state index is 6.08. The molecule has 2 N–H and O–H groups in total. The number of aryl methyl sites for hydroxylation is 1. The van der Waals surface area contributed by atoms with Gasteiger partial charge in [-0.15, -0.1) is 11.8 Å². The first kappa shape index (κ1) is 13.9. The van der Waals surface area contributed by atoms with Crippen LogP contribution in [0, 0.1) is 6.92 Å². The molecular formula is C15H24N2S. The standard InChI is InChI=1S/C15H24N2S/c1-3-14(16)13-10-17-15(9-11(13)2)18-12-7-5-4-6-8-12/h9-10,12,14H,3-8,16H2,1-2H3/t14-/m1/s1. The number of nitrogens with two attached hydrogens (primary N) is 1. The van der Waals surface area contributed by atoms with E-state index in [2.05, 4.69) is 24.9 Å². The number of hydrogen-bond donors (Lipinski definition) is 1. The highest BCUT2D eigenvalue weighted by atomic mass is 32.2. The average Bonchev–Trinajstić information content (AvgIpc) is 2.39. The first-order valence-electron chi connectivity index (χ1n) is 7.09.